The van der Waals surface area contributed by atoms with Crippen LogP contribution in [0.25, 0.3) is 11.3 Å². The van der Waals surface area contributed by atoms with E-state index in [4.69, 9.17) is 21.8 Å². The molecule has 3 rings (SSSR count). The molecule has 1 aromatic heterocycles. The predicted octanol–water partition coefficient (Wildman–Crippen LogP) is 5.34. The monoisotopic (exact) mass is 408 g/mol. The maximum atomic E-state index is 13.7. The highest BCUT2D eigenvalue weighted by Gasteiger charge is 2.15. The minimum Gasteiger partial charge on any atom is -0.451 e. The summed E-state index contributed by atoms with van der Waals surface area (Å²) in [4.78, 5) is 12.2. The number of amides is 1. The fraction of sp³-hybridized carbons (Fsp3) is 0. The fourth-order valence-corrected chi connectivity index (χ4v) is 2.99. The summed E-state index contributed by atoms with van der Waals surface area (Å²) in [7, 11) is 0. The van der Waals surface area contributed by atoms with Gasteiger partial charge in [-0.1, -0.05) is 11.6 Å². The van der Waals surface area contributed by atoms with E-state index in [0.717, 1.165) is 10.0 Å². The van der Waals surface area contributed by atoms with Gasteiger partial charge in [-0.2, -0.15) is 0 Å². The predicted molar refractivity (Wildman–Crippen MR) is 95.6 cm³/mol. The number of hydrogen-bond acceptors (Lipinski definition) is 3. The van der Waals surface area contributed by atoms with Crippen molar-refractivity contribution in [1.82, 2.24) is 0 Å². The first-order valence-electron chi connectivity index (χ1n) is 6.85. The third-order valence-corrected chi connectivity index (χ3v) is 4.16. The van der Waals surface area contributed by atoms with Gasteiger partial charge in [-0.25, -0.2) is 4.39 Å². The minimum absolute atomic E-state index is 0.00868. The highest BCUT2D eigenvalue weighted by atomic mass is 79.9. The van der Waals surface area contributed by atoms with Crippen LogP contribution in [0.5, 0.6) is 0 Å². The number of halogens is 3. The molecule has 4 nitrogen and oxygen atoms in total. The van der Waals surface area contributed by atoms with Crippen molar-refractivity contribution in [1.29, 1.82) is 0 Å². The SMILES string of the molecule is Nc1ccc(F)c(NC(=O)c2ccc(-c3ccc(Cl)cc3Br)o2)c1. The summed E-state index contributed by atoms with van der Waals surface area (Å²) in [5.41, 5.74) is 6.67. The van der Waals surface area contributed by atoms with E-state index in [1.54, 1.807) is 24.3 Å². The molecule has 0 radical (unpaired) electrons. The average Bonchev–Trinajstić information content (AvgIpc) is 3.00. The topological polar surface area (TPSA) is 68.3 Å². The Kier molecular flexibility index (Phi) is 4.59. The molecule has 3 N–H and O–H groups in total. The Balaban J connectivity index is 1.85. The fourth-order valence-electron chi connectivity index (χ4n) is 2.12. The van der Waals surface area contributed by atoms with Gasteiger partial charge in [0, 0.05) is 20.7 Å². The van der Waals surface area contributed by atoms with Gasteiger partial charge in [-0.3, -0.25) is 4.79 Å². The van der Waals surface area contributed by atoms with Crippen LogP contribution in [0, 0.1) is 5.82 Å². The van der Waals surface area contributed by atoms with E-state index in [1.807, 2.05) is 0 Å². The number of carbonyl (C=O) groups excluding carboxylic acids is 1. The van der Waals surface area contributed by atoms with Crippen molar-refractivity contribution in [3.63, 3.8) is 0 Å². The van der Waals surface area contributed by atoms with Crippen LogP contribution in [0.2, 0.25) is 5.02 Å². The first kappa shape index (κ1) is 16.5. The van der Waals surface area contributed by atoms with Crippen LogP contribution < -0.4 is 11.1 Å². The van der Waals surface area contributed by atoms with E-state index in [1.165, 1.54) is 24.3 Å². The molecule has 0 unspecified atom stereocenters. The number of nitrogen functional groups attached to an aromatic ring is 1. The van der Waals surface area contributed by atoms with Gasteiger partial charge in [0.25, 0.3) is 5.91 Å². The van der Waals surface area contributed by atoms with Crippen molar-refractivity contribution in [2.45, 2.75) is 0 Å². The second-order valence-corrected chi connectivity index (χ2v) is 6.27. The first-order chi connectivity index (χ1) is 11.4. The Bertz CT molecular complexity index is 927. The van der Waals surface area contributed by atoms with Crippen LogP contribution in [-0.2, 0) is 0 Å². The second kappa shape index (κ2) is 6.67. The molecule has 0 aliphatic rings. The molecule has 2 aromatic carbocycles. The van der Waals surface area contributed by atoms with Gasteiger partial charge in [0.15, 0.2) is 5.76 Å². The number of furan rings is 1. The van der Waals surface area contributed by atoms with Gasteiger partial charge < -0.3 is 15.5 Å². The number of hydrogen-bond donors (Lipinski definition) is 2. The molecule has 0 atom stereocenters. The summed E-state index contributed by atoms with van der Waals surface area (Å²) >= 11 is 9.30. The summed E-state index contributed by atoms with van der Waals surface area (Å²) in [6.07, 6.45) is 0. The Labute approximate surface area is 150 Å². The molecule has 0 saturated carbocycles. The van der Waals surface area contributed by atoms with Crippen molar-refractivity contribution >= 4 is 44.8 Å². The molecule has 24 heavy (non-hydrogen) atoms. The smallest absolute Gasteiger partial charge is 0.291 e. The summed E-state index contributed by atoms with van der Waals surface area (Å²) < 4.78 is 20.0. The van der Waals surface area contributed by atoms with Gasteiger partial charge in [0.1, 0.15) is 11.6 Å². The lowest BCUT2D eigenvalue weighted by atomic mass is 10.2. The van der Waals surface area contributed by atoms with Crippen LogP contribution in [-0.4, -0.2) is 5.91 Å². The highest BCUT2D eigenvalue weighted by Crippen LogP contribution is 2.32. The maximum absolute atomic E-state index is 13.7. The number of nitrogens with two attached hydrogens (primary N) is 1. The van der Waals surface area contributed by atoms with Crippen molar-refractivity contribution in [2.24, 2.45) is 0 Å². The van der Waals surface area contributed by atoms with E-state index >= 15 is 0 Å². The van der Waals surface area contributed by atoms with Gasteiger partial charge in [0.2, 0.25) is 0 Å². The number of nitrogens with one attached hydrogen (secondary N) is 1. The lowest BCUT2D eigenvalue weighted by Gasteiger charge is -2.06. The van der Waals surface area contributed by atoms with Crippen LogP contribution in [0.3, 0.4) is 0 Å². The lowest BCUT2D eigenvalue weighted by Crippen LogP contribution is -2.12. The molecule has 0 aliphatic carbocycles. The van der Waals surface area contributed by atoms with Crippen molar-refractivity contribution in [3.8, 4) is 11.3 Å². The number of rotatable bonds is 3. The van der Waals surface area contributed by atoms with Gasteiger partial charge >= 0.3 is 0 Å². The molecule has 122 valence electrons. The zero-order valence-corrected chi connectivity index (χ0v) is 14.5. The molecule has 0 fully saturated rings. The summed E-state index contributed by atoms with van der Waals surface area (Å²) in [6.45, 7) is 0. The molecule has 0 aliphatic heterocycles. The Hall–Kier alpha value is -2.31. The third-order valence-electron chi connectivity index (χ3n) is 3.26. The molecule has 0 saturated heterocycles. The third kappa shape index (κ3) is 3.44. The minimum atomic E-state index is -0.579. The van der Waals surface area contributed by atoms with Crippen molar-refractivity contribution in [3.05, 3.63) is 69.6 Å². The van der Waals surface area contributed by atoms with E-state index in [-0.39, 0.29) is 11.4 Å². The van der Waals surface area contributed by atoms with Crippen LogP contribution in [0.15, 0.2) is 57.4 Å². The van der Waals surface area contributed by atoms with E-state index in [0.29, 0.717) is 16.5 Å². The first-order valence-corrected chi connectivity index (χ1v) is 8.03. The molecule has 1 heterocycles. The van der Waals surface area contributed by atoms with E-state index < -0.39 is 11.7 Å². The molecular formula is C17H11BrClFN2O2. The normalized spacial score (nSPS) is 10.6. The van der Waals surface area contributed by atoms with E-state index in [2.05, 4.69) is 21.2 Å². The number of benzene rings is 2. The Morgan fingerprint density at radius 3 is 2.71 bits per heavy atom. The molecular weight excluding hydrogens is 399 g/mol. The lowest BCUT2D eigenvalue weighted by molar-refractivity contribution is 0.0997. The number of carbonyl (C=O) groups is 1. The molecule has 0 bridgehead atoms. The molecule has 1 amide bonds. The van der Waals surface area contributed by atoms with Crippen molar-refractivity contribution < 1.29 is 13.6 Å². The summed E-state index contributed by atoms with van der Waals surface area (Å²) in [5, 5.41) is 3.01. The quantitative estimate of drug-likeness (QED) is 0.574. The van der Waals surface area contributed by atoms with Crippen LogP contribution >= 0.6 is 27.5 Å². The molecule has 7 heteroatoms. The Morgan fingerprint density at radius 1 is 1.17 bits per heavy atom. The largest absolute Gasteiger partial charge is 0.451 e. The Morgan fingerprint density at radius 2 is 1.96 bits per heavy atom. The van der Waals surface area contributed by atoms with Crippen LogP contribution in [0.1, 0.15) is 10.6 Å². The number of anilines is 2. The molecule has 0 spiro atoms. The van der Waals surface area contributed by atoms with Gasteiger partial charge in [-0.05, 0) is 64.5 Å². The van der Waals surface area contributed by atoms with E-state index in [9.17, 15) is 9.18 Å². The summed E-state index contributed by atoms with van der Waals surface area (Å²) in [5.74, 6) is -0.619. The second-order valence-electron chi connectivity index (χ2n) is 4.98. The average molecular weight is 410 g/mol. The van der Waals surface area contributed by atoms with Gasteiger partial charge in [0.05, 0.1) is 5.69 Å². The summed E-state index contributed by atoms with van der Waals surface area (Å²) in [6, 6.07) is 12.3. The zero-order valence-electron chi connectivity index (χ0n) is 12.1. The standard InChI is InChI=1S/C17H11BrClFN2O2/c18-12-7-9(19)1-3-11(12)15-5-6-16(24-15)17(23)22-14-8-10(21)2-4-13(14)20/h1-8H,21H2,(H,22,23). The zero-order chi connectivity index (χ0) is 17.3. The molecule has 3 aromatic rings. The van der Waals surface area contributed by atoms with Crippen LogP contribution in [0.4, 0.5) is 15.8 Å². The van der Waals surface area contributed by atoms with Crippen molar-refractivity contribution in [2.75, 3.05) is 11.1 Å². The highest BCUT2D eigenvalue weighted by molar-refractivity contribution is 9.10. The van der Waals surface area contributed by atoms with Gasteiger partial charge in [-0.15, -0.1) is 0 Å². The maximum Gasteiger partial charge on any atom is 0.291 e.